The highest BCUT2D eigenvalue weighted by Gasteiger charge is 2.13. The van der Waals surface area contributed by atoms with Gasteiger partial charge in [0, 0.05) is 30.3 Å². The molecule has 124 valence electrons. The monoisotopic (exact) mass is 318 g/mol. The van der Waals surface area contributed by atoms with Crippen LogP contribution < -0.4 is 5.32 Å². The molecule has 7 heteroatoms. The van der Waals surface area contributed by atoms with Crippen molar-refractivity contribution in [1.29, 1.82) is 0 Å². The minimum absolute atomic E-state index is 0.0600. The molecule has 1 aromatic carbocycles. The van der Waals surface area contributed by atoms with Gasteiger partial charge in [0.15, 0.2) is 5.82 Å². The summed E-state index contributed by atoms with van der Waals surface area (Å²) in [5.41, 5.74) is 1.46. The van der Waals surface area contributed by atoms with E-state index < -0.39 is 0 Å². The van der Waals surface area contributed by atoms with Gasteiger partial charge in [0.05, 0.1) is 6.61 Å². The third-order valence-corrected chi connectivity index (χ3v) is 3.38. The Bertz CT molecular complexity index is 637. The number of aromatic nitrogens is 2. The van der Waals surface area contributed by atoms with Crippen LogP contribution in [0.4, 0.5) is 10.5 Å². The first-order valence-corrected chi connectivity index (χ1v) is 7.66. The molecule has 2 amide bonds. The van der Waals surface area contributed by atoms with E-state index in [4.69, 9.17) is 9.63 Å². The van der Waals surface area contributed by atoms with Crippen molar-refractivity contribution in [3.8, 4) is 11.5 Å². The number of rotatable bonds is 6. The van der Waals surface area contributed by atoms with Gasteiger partial charge in [-0.1, -0.05) is 19.0 Å². The summed E-state index contributed by atoms with van der Waals surface area (Å²) < 4.78 is 5.24. The average Bonchev–Trinajstić information content (AvgIpc) is 3.03. The molecule has 0 fully saturated rings. The van der Waals surface area contributed by atoms with Gasteiger partial charge in [0.1, 0.15) is 0 Å². The van der Waals surface area contributed by atoms with Crippen molar-refractivity contribution in [3.05, 3.63) is 30.1 Å². The number of likely N-dealkylation sites (N-methyl/N-ethyl adjacent to an activating group) is 1. The maximum Gasteiger partial charge on any atom is 0.321 e. The summed E-state index contributed by atoms with van der Waals surface area (Å²) in [4.78, 5) is 17.9. The van der Waals surface area contributed by atoms with Gasteiger partial charge in [-0.25, -0.2) is 4.79 Å². The Morgan fingerprint density at radius 1 is 1.35 bits per heavy atom. The van der Waals surface area contributed by atoms with Crippen molar-refractivity contribution in [2.75, 3.05) is 25.0 Å². The molecule has 0 spiro atoms. The zero-order chi connectivity index (χ0) is 16.8. The molecule has 0 aliphatic heterocycles. The quantitative estimate of drug-likeness (QED) is 0.854. The third kappa shape index (κ3) is 4.29. The van der Waals surface area contributed by atoms with Crippen molar-refractivity contribution in [1.82, 2.24) is 15.0 Å². The fourth-order valence-electron chi connectivity index (χ4n) is 2.01. The van der Waals surface area contributed by atoms with Crippen molar-refractivity contribution in [2.24, 2.45) is 0 Å². The number of amides is 2. The van der Waals surface area contributed by atoms with Gasteiger partial charge < -0.3 is 19.8 Å². The topological polar surface area (TPSA) is 91.5 Å². The first-order valence-electron chi connectivity index (χ1n) is 7.66. The van der Waals surface area contributed by atoms with Crippen LogP contribution in [0.3, 0.4) is 0 Å². The van der Waals surface area contributed by atoms with Crippen LogP contribution in [0.5, 0.6) is 0 Å². The molecule has 1 heterocycles. The molecule has 1 aromatic heterocycles. The average molecular weight is 318 g/mol. The minimum Gasteiger partial charge on any atom is -0.395 e. The fourth-order valence-corrected chi connectivity index (χ4v) is 2.01. The molecule has 2 aromatic rings. The van der Waals surface area contributed by atoms with Crippen LogP contribution in [0.25, 0.3) is 11.5 Å². The maximum absolute atomic E-state index is 12.0. The smallest absolute Gasteiger partial charge is 0.321 e. The van der Waals surface area contributed by atoms with Gasteiger partial charge in [-0.2, -0.15) is 4.98 Å². The van der Waals surface area contributed by atoms with Crippen LogP contribution in [0.2, 0.25) is 0 Å². The molecule has 0 unspecified atom stereocenters. The predicted molar refractivity (Wildman–Crippen MR) is 87.2 cm³/mol. The molecule has 2 rings (SSSR count). The van der Waals surface area contributed by atoms with E-state index in [0.717, 1.165) is 5.56 Å². The van der Waals surface area contributed by atoms with Gasteiger partial charge in [0.2, 0.25) is 0 Å². The van der Waals surface area contributed by atoms with Crippen molar-refractivity contribution >= 4 is 11.7 Å². The zero-order valence-corrected chi connectivity index (χ0v) is 13.6. The van der Waals surface area contributed by atoms with Crippen molar-refractivity contribution in [2.45, 2.75) is 26.7 Å². The Balaban J connectivity index is 2.05. The molecule has 0 bridgehead atoms. The van der Waals surface area contributed by atoms with E-state index in [1.807, 2.05) is 32.9 Å². The molecule has 23 heavy (non-hydrogen) atoms. The van der Waals surface area contributed by atoms with Crippen LogP contribution in [-0.4, -0.2) is 45.9 Å². The Labute approximate surface area is 135 Å². The molecule has 0 saturated carbocycles. The highest BCUT2D eigenvalue weighted by molar-refractivity contribution is 5.89. The number of aliphatic hydroxyl groups excluding tert-OH is 1. The number of aliphatic hydroxyl groups is 1. The van der Waals surface area contributed by atoms with Gasteiger partial charge in [-0.15, -0.1) is 0 Å². The molecule has 0 radical (unpaired) electrons. The van der Waals surface area contributed by atoms with E-state index >= 15 is 0 Å². The van der Waals surface area contributed by atoms with Gasteiger partial charge in [0.25, 0.3) is 5.89 Å². The molecule has 0 aliphatic carbocycles. The molecular weight excluding hydrogens is 296 g/mol. The highest BCUT2D eigenvalue weighted by atomic mass is 16.5. The molecular formula is C16H22N4O3. The van der Waals surface area contributed by atoms with E-state index in [1.54, 1.807) is 12.1 Å². The van der Waals surface area contributed by atoms with Gasteiger partial charge >= 0.3 is 6.03 Å². The van der Waals surface area contributed by atoms with Crippen LogP contribution in [0.1, 0.15) is 32.5 Å². The summed E-state index contributed by atoms with van der Waals surface area (Å²) in [7, 11) is 0. The Hall–Kier alpha value is -2.41. The van der Waals surface area contributed by atoms with Crippen molar-refractivity contribution < 1.29 is 14.4 Å². The van der Waals surface area contributed by atoms with E-state index in [9.17, 15) is 4.79 Å². The number of carbonyl (C=O) groups excluding carboxylic acids is 1. The number of nitrogens with zero attached hydrogens (tertiary/aromatic N) is 3. The summed E-state index contributed by atoms with van der Waals surface area (Å²) in [5.74, 6) is 1.33. The normalized spacial score (nSPS) is 10.8. The predicted octanol–water partition coefficient (Wildman–Crippen LogP) is 2.71. The van der Waals surface area contributed by atoms with Crippen molar-refractivity contribution in [3.63, 3.8) is 0 Å². The van der Waals surface area contributed by atoms with Crippen LogP contribution in [0.15, 0.2) is 28.8 Å². The number of benzene rings is 1. The number of anilines is 1. The Morgan fingerprint density at radius 2 is 2.04 bits per heavy atom. The second-order valence-electron chi connectivity index (χ2n) is 5.42. The Morgan fingerprint density at radius 3 is 2.57 bits per heavy atom. The number of hydrogen-bond donors (Lipinski definition) is 2. The zero-order valence-electron chi connectivity index (χ0n) is 13.6. The number of nitrogens with one attached hydrogen (secondary N) is 1. The summed E-state index contributed by atoms with van der Waals surface area (Å²) in [5, 5.41) is 15.7. The lowest BCUT2D eigenvalue weighted by molar-refractivity contribution is 0.192. The standard InChI is InChI=1S/C16H22N4O3/c1-4-20(9-10-21)16(22)17-13-7-5-12(6-8-13)15-18-14(11(2)3)19-23-15/h5-8,11,21H,4,9-10H2,1-3H3,(H,17,22). The maximum atomic E-state index is 12.0. The number of carbonyl (C=O) groups is 1. The SMILES string of the molecule is CCN(CCO)C(=O)Nc1ccc(-c2nc(C(C)C)no2)cc1. The first-order chi connectivity index (χ1) is 11.0. The lowest BCUT2D eigenvalue weighted by Crippen LogP contribution is -2.36. The second kappa shape index (κ2) is 7.73. The summed E-state index contributed by atoms with van der Waals surface area (Å²) in [6.45, 7) is 6.64. The minimum atomic E-state index is -0.241. The summed E-state index contributed by atoms with van der Waals surface area (Å²) in [6.07, 6.45) is 0. The van der Waals surface area contributed by atoms with Gasteiger partial charge in [-0.05, 0) is 31.2 Å². The van der Waals surface area contributed by atoms with E-state index in [2.05, 4.69) is 15.5 Å². The van der Waals surface area contributed by atoms with E-state index in [-0.39, 0.29) is 18.6 Å². The first kappa shape index (κ1) is 17.0. The largest absolute Gasteiger partial charge is 0.395 e. The third-order valence-electron chi connectivity index (χ3n) is 3.38. The van der Waals surface area contributed by atoms with E-state index in [1.165, 1.54) is 4.90 Å². The second-order valence-corrected chi connectivity index (χ2v) is 5.42. The van der Waals surface area contributed by atoms with Crippen LogP contribution >= 0.6 is 0 Å². The number of urea groups is 1. The lowest BCUT2D eigenvalue weighted by atomic mass is 10.2. The lowest BCUT2D eigenvalue weighted by Gasteiger charge is -2.20. The van der Waals surface area contributed by atoms with Gasteiger partial charge in [-0.3, -0.25) is 0 Å². The number of hydrogen-bond acceptors (Lipinski definition) is 5. The molecule has 0 saturated heterocycles. The molecule has 2 N–H and O–H groups in total. The highest BCUT2D eigenvalue weighted by Crippen LogP contribution is 2.21. The fraction of sp³-hybridized carbons (Fsp3) is 0.438. The van der Waals surface area contributed by atoms with Crippen LogP contribution in [0, 0.1) is 0 Å². The van der Waals surface area contributed by atoms with Crippen LogP contribution in [-0.2, 0) is 0 Å². The summed E-state index contributed by atoms with van der Waals surface area (Å²) >= 11 is 0. The summed E-state index contributed by atoms with van der Waals surface area (Å²) in [6, 6.07) is 6.94. The van der Waals surface area contributed by atoms with E-state index in [0.29, 0.717) is 30.5 Å². The molecule has 7 nitrogen and oxygen atoms in total. The Kier molecular flexibility index (Phi) is 5.70. The molecule has 0 aliphatic rings. The molecule has 0 atom stereocenters.